The lowest BCUT2D eigenvalue weighted by Crippen LogP contribution is -2.12. The third-order valence-corrected chi connectivity index (χ3v) is 2.70. The second-order valence-electron chi connectivity index (χ2n) is 4.21. The number of anilines is 1. The van der Waals surface area contributed by atoms with Gasteiger partial charge in [-0.25, -0.2) is 13.2 Å². The zero-order chi connectivity index (χ0) is 15.6. The molecule has 0 atom stereocenters. The number of carbonyl (C=O) groups excluding carboxylic acids is 1. The summed E-state index contributed by atoms with van der Waals surface area (Å²) < 4.78 is 44.6. The topological polar surface area (TPSA) is 78.3 Å². The highest BCUT2D eigenvalue weighted by Crippen LogP contribution is 2.34. The van der Waals surface area contributed by atoms with Gasteiger partial charge in [-0.2, -0.15) is 0 Å². The number of carbonyl (C=O) groups is 1. The first-order valence-corrected chi connectivity index (χ1v) is 5.83. The van der Waals surface area contributed by atoms with Gasteiger partial charge in [0, 0.05) is 11.8 Å². The zero-order valence-corrected chi connectivity index (χ0v) is 10.6. The fraction of sp³-hybridized carbons (Fsp3) is 0.0714. The number of rotatable bonds is 4. The highest BCUT2D eigenvalue weighted by atomic mass is 19.3. The van der Waals surface area contributed by atoms with E-state index in [9.17, 15) is 18.0 Å². The molecule has 7 heteroatoms. The summed E-state index contributed by atoms with van der Waals surface area (Å²) in [5.41, 5.74) is 9.84. The van der Waals surface area contributed by atoms with Crippen molar-refractivity contribution in [2.45, 2.75) is 6.43 Å². The lowest BCUT2D eigenvalue weighted by atomic mass is 10.1. The van der Waals surface area contributed by atoms with E-state index >= 15 is 0 Å². The third kappa shape index (κ3) is 3.25. The zero-order valence-electron chi connectivity index (χ0n) is 10.6. The average molecular weight is 296 g/mol. The number of ether oxygens (including phenoxy) is 1. The molecule has 0 saturated heterocycles. The van der Waals surface area contributed by atoms with Gasteiger partial charge < -0.3 is 16.2 Å². The van der Waals surface area contributed by atoms with Crippen LogP contribution in [0, 0.1) is 5.82 Å². The van der Waals surface area contributed by atoms with Crippen LogP contribution in [0.25, 0.3) is 0 Å². The standard InChI is InChI=1S/C14H11F3N2O2/c15-11-6-8(2-3-9(11)14(19)20)21-12-4-1-7(18)5-10(12)13(16)17/h1-6,13H,18H2,(H2,19,20). The molecule has 2 rings (SSSR count). The largest absolute Gasteiger partial charge is 0.457 e. The normalized spacial score (nSPS) is 10.7. The molecule has 0 aliphatic carbocycles. The molecule has 110 valence electrons. The lowest BCUT2D eigenvalue weighted by molar-refractivity contribution is 0.0996. The molecule has 0 aromatic heterocycles. The van der Waals surface area contributed by atoms with Crippen LogP contribution in [0.15, 0.2) is 36.4 Å². The number of nitrogens with two attached hydrogens (primary N) is 2. The molecule has 2 aromatic carbocycles. The van der Waals surface area contributed by atoms with E-state index in [0.717, 1.165) is 18.2 Å². The third-order valence-electron chi connectivity index (χ3n) is 2.70. The Balaban J connectivity index is 2.34. The molecule has 0 heterocycles. The van der Waals surface area contributed by atoms with Crippen molar-refractivity contribution < 1.29 is 22.7 Å². The van der Waals surface area contributed by atoms with Crippen LogP contribution in [0.1, 0.15) is 22.3 Å². The van der Waals surface area contributed by atoms with E-state index in [1.54, 1.807) is 0 Å². The first kappa shape index (κ1) is 14.7. The van der Waals surface area contributed by atoms with Crippen LogP contribution in [-0.4, -0.2) is 5.91 Å². The summed E-state index contributed by atoms with van der Waals surface area (Å²) in [6.07, 6.45) is -2.79. The Morgan fingerprint density at radius 2 is 1.86 bits per heavy atom. The SMILES string of the molecule is NC(=O)c1ccc(Oc2ccc(N)cc2C(F)F)cc1F. The first-order chi connectivity index (χ1) is 9.88. The van der Waals surface area contributed by atoms with Crippen molar-refractivity contribution >= 4 is 11.6 Å². The Hall–Kier alpha value is -2.70. The Morgan fingerprint density at radius 1 is 1.14 bits per heavy atom. The van der Waals surface area contributed by atoms with Gasteiger partial charge in [0.1, 0.15) is 17.3 Å². The Labute approximate surface area is 118 Å². The van der Waals surface area contributed by atoms with Gasteiger partial charge in [-0.15, -0.1) is 0 Å². The monoisotopic (exact) mass is 296 g/mol. The predicted octanol–water partition coefficient (Wildman–Crippen LogP) is 3.24. The van der Waals surface area contributed by atoms with Gasteiger partial charge in [0.2, 0.25) is 0 Å². The minimum atomic E-state index is -2.79. The number of alkyl halides is 2. The highest BCUT2D eigenvalue weighted by Gasteiger charge is 2.16. The molecule has 0 radical (unpaired) electrons. The summed E-state index contributed by atoms with van der Waals surface area (Å²) in [5.74, 6) is -2.01. The van der Waals surface area contributed by atoms with Crippen LogP contribution in [0.4, 0.5) is 18.9 Å². The summed E-state index contributed by atoms with van der Waals surface area (Å²) in [6, 6.07) is 6.99. The van der Waals surface area contributed by atoms with Gasteiger partial charge >= 0.3 is 0 Å². The summed E-state index contributed by atoms with van der Waals surface area (Å²) >= 11 is 0. The maximum atomic E-state index is 13.6. The average Bonchev–Trinajstić information content (AvgIpc) is 2.40. The van der Waals surface area contributed by atoms with Crippen molar-refractivity contribution in [3.05, 3.63) is 53.3 Å². The van der Waals surface area contributed by atoms with E-state index < -0.39 is 23.7 Å². The van der Waals surface area contributed by atoms with Crippen molar-refractivity contribution in [3.8, 4) is 11.5 Å². The molecule has 0 fully saturated rings. The fourth-order valence-electron chi connectivity index (χ4n) is 1.72. The number of halogens is 3. The smallest absolute Gasteiger partial charge is 0.267 e. The number of amides is 1. The molecule has 21 heavy (non-hydrogen) atoms. The van der Waals surface area contributed by atoms with Crippen molar-refractivity contribution in [1.29, 1.82) is 0 Å². The molecule has 0 aliphatic rings. The van der Waals surface area contributed by atoms with E-state index in [4.69, 9.17) is 16.2 Å². The molecule has 0 aliphatic heterocycles. The minimum Gasteiger partial charge on any atom is -0.457 e. The van der Waals surface area contributed by atoms with Crippen LogP contribution in [0.3, 0.4) is 0 Å². The summed E-state index contributed by atoms with van der Waals surface area (Å²) in [5, 5.41) is 0. The first-order valence-electron chi connectivity index (χ1n) is 5.83. The summed E-state index contributed by atoms with van der Waals surface area (Å²) in [4.78, 5) is 10.9. The Bertz CT molecular complexity index is 690. The molecule has 0 spiro atoms. The molecule has 4 N–H and O–H groups in total. The molecular formula is C14H11F3N2O2. The van der Waals surface area contributed by atoms with Gasteiger partial charge in [-0.1, -0.05) is 0 Å². The predicted molar refractivity (Wildman–Crippen MR) is 70.8 cm³/mol. The van der Waals surface area contributed by atoms with Gasteiger partial charge in [0.25, 0.3) is 12.3 Å². The highest BCUT2D eigenvalue weighted by molar-refractivity contribution is 5.93. The van der Waals surface area contributed by atoms with E-state index in [1.807, 2.05) is 0 Å². The summed E-state index contributed by atoms with van der Waals surface area (Å²) in [6.45, 7) is 0. The van der Waals surface area contributed by atoms with Crippen molar-refractivity contribution in [2.24, 2.45) is 5.73 Å². The molecule has 0 bridgehead atoms. The number of primary amides is 1. The summed E-state index contributed by atoms with van der Waals surface area (Å²) in [7, 11) is 0. The Kier molecular flexibility index (Phi) is 4.02. The lowest BCUT2D eigenvalue weighted by Gasteiger charge is -2.12. The molecule has 0 unspecified atom stereocenters. The van der Waals surface area contributed by atoms with Crippen molar-refractivity contribution in [1.82, 2.24) is 0 Å². The maximum absolute atomic E-state index is 13.6. The minimum absolute atomic E-state index is 0.0378. The Morgan fingerprint density at radius 3 is 2.43 bits per heavy atom. The van der Waals surface area contributed by atoms with Gasteiger partial charge in [-0.3, -0.25) is 4.79 Å². The van der Waals surface area contributed by atoms with E-state index in [0.29, 0.717) is 0 Å². The molecule has 1 amide bonds. The molecule has 0 saturated carbocycles. The van der Waals surface area contributed by atoms with Crippen LogP contribution >= 0.6 is 0 Å². The number of hydrogen-bond donors (Lipinski definition) is 2. The van der Waals surface area contributed by atoms with Crippen LogP contribution in [0.5, 0.6) is 11.5 Å². The fourth-order valence-corrected chi connectivity index (χ4v) is 1.72. The van der Waals surface area contributed by atoms with E-state index in [2.05, 4.69) is 0 Å². The van der Waals surface area contributed by atoms with Crippen LogP contribution < -0.4 is 16.2 Å². The number of hydrogen-bond acceptors (Lipinski definition) is 3. The van der Waals surface area contributed by atoms with Crippen LogP contribution in [-0.2, 0) is 0 Å². The molecule has 2 aromatic rings. The van der Waals surface area contributed by atoms with Crippen LogP contribution in [0.2, 0.25) is 0 Å². The molecule has 4 nitrogen and oxygen atoms in total. The molecular weight excluding hydrogens is 285 g/mol. The van der Waals surface area contributed by atoms with Gasteiger partial charge in [-0.05, 0) is 30.3 Å². The van der Waals surface area contributed by atoms with Crippen molar-refractivity contribution in [2.75, 3.05) is 5.73 Å². The van der Waals surface area contributed by atoms with E-state index in [-0.39, 0.29) is 22.7 Å². The maximum Gasteiger partial charge on any atom is 0.267 e. The van der Waals surface area contributed by atoms with Gasteiger partial charge in [0.15, 0.2) is 0 Å². The van der Waals surface area contributed by atoms with E-state index in [1.165, 1.54) is 18.2 Å². The van der Waals surface area contributed by atoms with Gasteiger partial charge in [0.05, 0.1) is 11.1 Å². The second kappa shape index (κ2) is 5.74. The number of nitrogen functional groups attached to an aromatic ring is 1. The number of benzene rings is 2. The van der Waals surface area contributed by atoms with Crippen molar-refractivity contribution in [3.63, 3.8) is 0 Å². The quantitative estimate of drug-likeness (QED) is 0.850. The second-order valence-corrected chi connectivity index (χ2v) is 4.21.